The van der Waals surface area contributed by atoms with Crippen LogP contribution in [0.5, 0.6) is 5.75 Å². The van der Waals surface area contributed by atoms with Crippen molar-refractivity contribution in [2.45, 2.75) is 0 Å². The Morgan fingerprint density at radius 3 is 2.72 bits per heavy atom. The number of hydrogen-bond acceptors (Lipinski definition) is 2. The van der Waals surface area contributed by atoms with Crippen molar-refractivity contribution in [3.8, 4) is 17.1 Å². The normalized spacial score (nSPS) is 11.0. The van der Waals surface area contributed by atoms with E-state index in [0.29, 0.717) is 11.4 Å². The number of halogens is 2. The molecule has 3 nitrogen and oxygen atoms in total. The number of aromatic amines is 1. The van der Waals surface area contributed by atoms with E-state index in [2.05, 4.69) is 9.97 Å². The maximum absolute atomic E-state index is 13.4. The van der Waals surface area contributed by atoms with Gasteiger partial charge in [0.15, 0.2) is 11.6 Å². The Morgan fingerprint density at radius 2 is 2.00 bits per heavy atom. The van der Waals surface area contributed by atoms with Crippen molar-refractivity contribution in [1.82, 2.24) is 9.97 Å². The molecular weight excluding hydrogens is 255 g/mol. The third-order valence-electron chi connectivity index (χ3n) is 2.68. The molecule has 0 saturated heterocycles. The van der Waals surface area contributed by atoms with Gasteiger partial charge in [-0.2, -0.15) is 0 Å². The topological polar surface area (TPSA) is 48.9 Å². The van der Waals surface area contributed by atoms with Crippen LogP contribution in [0.1, 0.15) is 0 Å². The van der Waals surface area contributed by atoms with Crippen LogP contribution in [-0.2, 0) is 0 Å². The summed E-state index contributed by atoms with van der Waals surface area (Å²) in [5.74, 6) is -0.800. The van der Waals surface area contributed by atoms with Crippen molar-refractivity contribution in [3.63, 3.8) is 0 Å². The van der Waals surface area contributed by atoms with Gasteiger partial charge < -0.3 is 10.1 Å². The Labute approximate surface area is 107 Å². The SMILES string of the molecule is Oc1c(F)cc(-c2nc3ccccc3[nH]2)cc1Cl. The molecule has 18 heavy (non-hydrogen) atoms. The van der Waals surface area contributed by atoms with Gasteiger partial charge in [-0.1, -0.05) is 23.7 Å². The summed E-state index contributed by atoms with van der Waals surface area (Å²) in [7, 11) is 0. The predicted molar refractivity (Wildman–Crippen MR) is 68.2 cm³/mol. The van der Waals surface area contributed by atoms with E-state index in [1.807, 2.05) is 24.3 Å². The fraction of sp³-hybridized carbons (Fsp3) is 0. The van der Waals surface area contributed by atoms with E-state index in [1.54, 1.807) is 0 Å². The molecule has 0 aliphatic heterocycles. The number of H-pyrrole nitrogens is 1. The zero-order valence-corrected chi connectivity index (χ0v) is 9.87. The molecule has 3 rings (SSSR count). The molecule has 0 amide bonds. The summed E-state index contributed by atoms with van der Waals surface area (Å²) in [6.45, 7) is 0. The van der Waals surface area contributed by atoms with Crippen molar-refractivity contribution >= 4 is 22.6 Å². The van der Waals surface area contributed by atoms with Crippen LogP contribution in [0.15, 0.2) is 36.4 Å². The summed E-state index contributed by atoms with van der Waals surface area (Å²) < 4.78 is 13.4. The monoisotopic (exact) mass is 262 g/mol. The number of nitrogens with zero attached hydrogens (tertiary/aromatic N) is 1. The Balaban J connectivity index is 2.20. The van der Waals surface area contributed by atoms with Crippen LogP contribution in [0, 0.1) is 5.82 Å². The number of para-hydroxylation sites is 2. The molecule has 0 unspecified atom stereocenters. The summed E-state index contributed by atoms with van der Waals surface area (Å²) in [6, 6.07) is 10.2. The van der Waals surface area contributed by atoms with E-state index in [1.165, 1.54) is 12.1 Å². The average molecular weight is 263 g/mol. The van der Waals surface area contributed by atoms with Crippen molar-refractivity contribution < 1.29 is 9.50 Å². The molecule has 0 spiro atoms. The number of hydrogen-bond donors (Lipinski definition) is 2. The average Bonchev–Trinajstić information content (AvgIpc) is 2.79. The highest BCUT2D eigenvalue weighted by Crippen LogP contribution is 2.31. The fourth-order valence-electron chi connectivity index (χ4n) is 1.79. The smallest absolute Gasteiger partial charge is 0.170 e. The minimum Gasteiger partial charge on any atom is -0.504 e. The number of aromatic nitrogens is 2. The van der Waals surface area contributed by atoms with Crippen molar-refractivity contribution in [2.24, 2.45) is 0 Å². The van der Waals surface area contributed by atoms with Gasteiger partial charge in [-0.3, -0.25) is 0 Å². The summed E-state index contributed by atoms with van der Waals surface area (Å²) in [4.78, 5) is 7.40. The Kier molecular flexibility index (Phi) is 2.45. The number of nitrogens with one attached hydrogen (secondary N) is 1. The second-order valence-electron chi connectivity index (χ2n) is 3.89. The first-order valence-corrected chi connectivity index (χ1v) is 5.66. The number of aromatic hydroxyl groups is 1. The summed E-state index contributed by atoms with van der Waals surface area (Å²) in [5, 5.41) is 9.24. The van der Waals surface area contributed by atoms with E-state index in [9.17, 15) is 9.50 Å². The van der Waals surface area contributed by atoms with Gasteiger partial charge in [-0.25, -0.2) is 9.37 Å². The zero-order valence-electron chi connectivity index (χ0n) is 9.11. The lowest BCUT2D eigenvalue weighted by Gasteiger charge is -2.01. The predicted octanol–water partition coefficient (Wildman–Crippen LogP) is 3.73. The van der Waals surface area contributed by atoms with E-state index in [4.69, 9.17) is 11.6 Å². The lowest BCUT2D eigenvalue weighted by Crippen LogP contribution is -1.84. The molecule has 0 bridgehead atoms. The molecule has 5 heteroatoms. The quantitative estimate of drug-likeness (QED) is 0.702. The second-order valence-corrected chi connectivity index (χ2v) is 4.30. The number of benzene rings is 2. The molecule has 0 atom stereocenters. The molecule has 0 saturated carbocycles. The number of imidazole rings is 1. The van der Waals surface area contributed by atoms with Crippen LogP contribution in [-0.4, -0.2) is 15.1 Å². The molecule has 0 aliphatic rings. The van der Waals surface area contributed by atoms with Gasteiger partial charge in [0.1, 0.15) is 5.82 Å². The fourth-order valence-corrected chi connectivity index (χ4v) is 2.00. The standard InChI is InChI=1S/C13H8ClFN2O/c14-8-5-7(6-9(15)12(8)18)13-16-10-3-1-2-4-11(10)17-13/h1-6,18H,(H,16,17). The first-order valence-electron chi connectivity index (χ1n) is 5.28. The minimum absolute atomic E-state index is 0.0366. The number of phenols is 1. The first-order chi connectivity index (χ1) is 8.65. The molecule has 3 aromatic rings. The van der Waals surface area contributed by atoms with Crippen LogP contribution >= 0.6 is 11.6 Å². The molecule has 0 fully saturated rings. The lowest BCUT2D eigenvalue weighted by molar-refractivity contribution is 0.433. The minimum atomic E-state index is -0.766. The van der Waals surface area contributed by atoms with Gasteiger partial charge in [0, 0.05) is 5.56 Å². The van der Waals surface area contributed by atoms with Crippen molar-refractivity contribution in [2.75, 3.05) is 0 Å². The molecule has 90 valence electrons. The summed E-state index contributed by atoms with van der Waals surface area (Å²) in [5.41, 5.74) is 2.14. The number of rotatable bonds is 1. The van der Waals surface area contributed by atoms with Crippen molar-refractivity contribution in [3.05, 3.63) is 47.2 Å². The summed E-state index contributed by atoms with van der Waals surface area (Å²) >= 11 is 5.74. The molecule has 2 aromatic carbocycles. The van der Waals surface area contributed by atoms with E-state index in [0.717, 1.165) is 11.0 Å². The first kappa shape index (κ1) is 11.0. The molecule has 1 aromatic heterocycles. The molecule has 1 heterocycles. The third-order valence-corrected chi connectivity index (χ3v) is 2.97. The lowest BCUT2D eigenvalue weighted by atomic mass is 10.2. The van der Waals surface area contributed by atoms with E-state index >= 15 is 0 Å². The molecule has 2 N–H and O–H groups in total. The maximum Gasteiger partial charge on any atom is 0.170 e. The van der Waals surface area contributed by atoms with Crippen LogP contribution in [0.4, 0.5) is 4.39 Å². The number of phenolic OH excluding ortho intramolecular Hbond substituents is 1. The molecule has 0 aliphatic carbocycles. The highest BCUT2D eigenvalue weighted by Gasteiger charge is 2.11. The molecule has 0 radical (unpaired) electrons. The maximum atomic E-state index is 13.4. The van der Waals surface area contributed by atoms with Gasteiger partial charge in [0.25, 0.3) is 0 Å². The highest BCUT2D eigenvalue weighted by atomic mass is 35.5. The van der Waals surface area contributed by atoms with Gasteiger partial charge in [-0.05, 0) is 24.3 Å². The third kappa shape index (κ3) is 1.71. The van der Waals surface area contributed by atoms with Gasteiger partial charge in [0.05, 0.1) is 16.1 Å². The van der Waals surface area contributed by atoms with Crippen LogP contribution in [0.2, 0.25) is 5.02 Å². The van der Waals surface area contributed by atoms with Gasteiger partial charge in [0.2, 0.25) is 0 Å². The second kappa shape index (κ2) is 3.99. The largest absolute Gasteiger partial charge is 0.504 e. The van der Waals surface area contributed by atoms with Crippen LogP contribution < -0.4 is 0 Å². The zero-order chi connectivity index (χ0) is 12.7. The Bertz CT molecular complexity index is 683. The Hall–Kier alpha value is -2.07. The Morgan fingerprint density at radius 1 is 1.22 bits per heavy atom. The summed E-state index contributed by atoms with van der Waals surface area (Å²) in [6.07, 6.45) is 0. The van der Waals surface area contributed by atoms with E-state index in [-0.39, 0.29) is 5.02 Å². The van der Waals surface area contributed by atoms with Crippen LogP contribution in [0.25, 0.3) is 22.4 Å². The molecular formula is C13H8ClFN2O. The highest BCUT2D eigenvalue weighted by molar-refractivity contribution is 6.32. The van der Waals surface area contributed by atoms with Crippen molar-refractivity contribution in [1.29, 1.82) is 0 Å². The van der Waals surface area contributed by atoms with E-state index < -0.39 is 11.6 Å². The van der Waals surface area contributed by atoms with Gasteiger partial charge >= 0.3 is 0 Å². The number of fused-ring (bicyclic) bond motifs is 1. The van der Waals surface area contributed by atoms with Gasteiger partial charge in [-0.15, -0.1) is 0 Å². The van der Waals surface area contributed by atoms with Crippen LogP contribution in [0.3, 0.4) is 0 Å².